The lowest BCUT2D eigenvalue weighted by atomic mass is 9.92. The number of anilines is 3. The third-order valence-corrected chi connectivity index (χ3v) is 5.45. The van der Waals surface area contributed by atoms with Gasteiger partial charge < -0.3 is 20.4 Å². The number of hydrogen-bond acceptors (Lipinski definition) is 5. The monoisotopic (exact) mass is 388 g/mol. The van der Waals surface area contributed by atoms with E-state index in [1.165, 1.54) is 25.7 Å². The minimum atomic E-state index is 0.525. The molecule has 2 aliphatic heterocycles. The lowest BCUT2D eigenvalue weighted by Gasteiger charge is -2.36. The zero-order valence-corrected chi connectivity index (χ0v) is 17.4. The van der Waals surface area contributed by atoms with E-state index in [1.807, 2.05) is 0 Å². The van der Waals surface area contributed by atoms with E-state index in [0.29, 0.717) is 29.4 Å². The first-order valence-corrected chi connectivity index (χ1v) is 10.5. The van der Waals surface area contributed by atoms with Gasteiger partial charge in [-0.1, -0.05) is 19.9 Å². The first-order valence-electron chi connectivity index (χ1n) is 10.1. The number of aromatic nitrogens is 2. The Morgan fingerprint density at radius 1 is 1.15 bits per heavy atom. The molecule has 0 radical (unpaired) electrons. The number of thiocarbonyl (C=S) groups is 1. The quantitative estimate of drug-likeness (QED) is 0.592. The largest absolute Gasteiger partial charge is 0.359 e. The van der Waals surface area contributed by atoms with Crippen LogP contribution in [0.2, 0.25) is 0 Å². The van der Waals surface area contributed by atoms with Crippen LogP contribution in [0.5, 0.6) is 0 Å². The smallest absolute Gasteiger partial charge is 0.232 e. The maximum atomic E-state index is 5.36. The molecule has 0 saturated carbocycles. The van der Waals surface area contributed by atoms with Crippen LogP contribution < -0.4 is 20.4 Å². The predicted octanol–water partition coefficient (Wildman–Crippen LogP) is 3.42. The number of piperidine rings is 2. The lowest BCUT2D eigenvalue weighted by molar-refractivity contribution is 0.355. The Morgan fingerprint density at radius 3 is 2.41 bits per heavy atom. The summed E-state index contributed by atoms with van der Waals surface area (Å²) in [5, 5.41) is 6.77. The first-order chi connectivity index (χ1) is 13.0. The Labute approximate surface area is 168 Å². The normalized spacial score (nSPS) is 23.0. The molecule has 1 aromatic rings. The Balaban J connectivity index is 1.85. The topological polar surface area (TPSA) is 56.3 Å². The van der Waals surface area contributed by atoms with E-state index in [9.17, 15) is 0 Å². The molecule has 1 aromatic heterocycles. The summed E-state index contributed by atoms with van der Waals surface area (Å²) in [4.78, 5) is 14.3. The van der Waals surface area contributed by atoms with Crippen molar-refractivity contribution in [2.75, 3.05) is 47.8 Å². The molecule has 2 saturated heterocycles. The fourth-order valence-corrected chi connectivity index (χ4v) is 4.26. The lowest BCUT2D eigenvalue weighted by Crippen LogP contribution is -2.40. The van der Waals surface area contributed by atoms with Crippen molar-refractivity contribution in [3.8, 4) is 0 Å². The highest BCUT2D eigenvalue weighted by atomic mass is 32.1. The van der Waals surface area contributed by atoms with Gasteiger partial charge in [-0.2, -0.15) is 9.97 Å². The van der Waals surface area contributed by atoms with Gasteiger partial charge in [0.2, 0.25) is 5.95 Å². The maximum Gasteiger partial charge on any atom is 0.232 e. The van der Waals surface area contributed by atoms with Crippen molar-refractivity contribution in [2.45, 2.75) is 39.5 Å². The second-order valence-electron chi connectivity index (χ2n) is 7.93. The second kappa shape index (κ2) is 9.35. The van der Waals surface area contributed by atoms with Crippen LogP contribution in [0, 0.1) is 11.8 Å². The van der Waals surface area contributed by atoms with E-state index in [1.54, 1.807) is 6.08 Å². The van der Waals surface area contributed by atoms with Gasteiger partial charge in [-0.25, -0.2) is 0 Å². The standard InChI is InChI=1S/C20H32N6S/c1-4-8-21-20(27)24-19-22-17(25-9-6-5-7-10-25)12-18(23-19)26-13-15(2)11-16(3)14-26/h4,12,15-16H,1,5-11,13-14H2,2-3H3,(H2,21,22,23,24,27)/t15-,16-/m0/s1. The third-order valence-electron chi connectivity index (χ3n) is 5.20. The van der Waals surface area contributed by atoms with E-state index >= 15 is 0 Å². The maximum absolute atomic E-state index is 5.36. The molecule has 2 fully saturated rings. The van der Waals surface area contributed by atoms with E-state index in [0.717, 1.165) is 37.8 Å². The molecule has 2 aliphatic rings. The third kappa shape index (κ3) is 5.54. The molecular formula is C20H32N6S. The van der Waals surface area contributed by atoms with E-state index in [-0.39, 0.29) is 0 Å². The zero-order valence-electron chi connectivity index (χ0n) is 16.6. The predicted molar refractivity (Wildman–Crippen MR) is 118 cm³/mol. The highest BCUT2D eigenvalue weighted by Gasteiger charge is 2.24. The molecule has 27 heavy (non-hydrogen) atoms. The van der Waals surface area contributed by atoms with Gasteiger partial charge in [0.05, 0.1) is 0 Å². The van der Waals surface area contributed by atoms with Gasteiger partial charge in [0.15, 0.2) is 5.11 Å². The Morgan fingerprint density at radius 2 is 1.78 bits per heavy atom. The van der Waals surface area contributed by atoms with Gasteiger partial charge >= 0.3 is 0 Å². The summed E-state index contributed by atoms with van der Waals surface area (Å²) in [5.41, 5.74) is 0. The summed E-state index contributed by atoms with van der Waals surface area (Å²) in [7, 11) is 0. The van der Waals surface area contributed by atoms with Crippen LogP contribution in [0.15, 0.2) is 18.7 Å². The van der Waals surface area contributed by atoms with Gasteiger partial charge in [-0.05, 0) is 49.7 Å². The Bertz CT molecular complexity index is 648. The Hall–Kier alpha value is -1.89. The number of hydrogen-bond donors (Lipinski definition) is 2. The van der Waals surface area contributed by atoms with Crippen LogP contribution in [0.3, 0.4) is 0 Å². The van der Waals surface area contributed by atoms with Crippen LogP contribution in [-0.2, 0) is 0 Å². The summed E-state index contributed by atoms with van der Waals surface area (Å²) in [6, 6.07) is 2.15. The SMILES string of the molecule is C=CCNC(=S)Nc1nc(N2CCCCC2)cc(N2C[C@@H](C)C[C@H](C)C2)n1. The molecule has 3 rings (SSSR count). The molecule has 0 amide bonds. The van der Waals surface area contributed by atoms with Crippen LogP contribution in [0.4, 0.5) is 17.6 Å². The fraction of sp³-hybridized carbons (Fsp3) is 0.650. The summed E-state index contributed by atoms with van der Waals surface area (Å²) >= 11 is 5.36. The average molecular weight is 389 g/mol. The van der Waals surface area contributed by atoms with Gasteiger partial charge in [0, 0.05) is 38.8 Å². The van der Waals surface area contributed by atoms with E-state index < -0.39 is 0 Å². The van der Waals surface area contributed by atoms with E-state index in [2.05, 4.69) is 46.9 Å². The fourth-order valence-electron chi connectivity index (χ4n) is 4.09. The molecule has 2 atom stereocenters. The van der Waals surface area contributed by atoms with Crippen LogP contribution in [0.1, 0.15) is 39.5 Å². The molecule has 0 spiro atoms. The van der Waals surface area contributed by atoms with Crippen molar-refractivity contribution < 1.29 is 0 Å². The van der Waals surface area contributed by atoms with Crippen molar-refractivity contribution in [1.29, 1.82) is 0 Å². The van der Waals surface area contributed by atoms with Gasteiger partial charge in [0.1, 0.15) is 11.6 Å². The van der Waals surface area contributed by atoms with Crippen molar-refractivity contribution in [1.82, 2.24) is 15.3 Å². The van der Waals surface area contributed by atoms with Gasteiger partial charge in [-0.15, -0.1) is 6.58 Å². The van der Waals surface area contributed by atoms with Crippen LogP contribution in [-0.4, -0.2) is 47.8 Å². The average Bonchev–Trinajstić information content (AvgIpc) is 2.66. The van der Waals surface area contributed by atoms with Gasteiger partial charge in [-0.3, -0.25) is 0 Å². The summed E-state index contributed by atoms with van der Waals surface area (Å²) in [6.07, 6.45) is 6.80. The summed E-state index contributed by atoms with van der Waals surface area (Å²) < 4.78 is 0. The molecule has 0 bridgehead atoms. The Kier molecular flexibility index (Phi) is 6.88. The number of nitrogens with zero attached hydrogens (tertiary/aromatic N) is 4. The molecule has 3 heterocycles. The second-order valence-corrected chi connectivity index (χ2v) is 8.34. The minimum Gasteiger partial charge on any atom is -0.359 e. The molecule has 2 N–H and O–H groups in total. The molecule has 0 aliphatic carbocycles. The van der Waals surface area contributed by atoms with Crippen molar-refractivity contribution in [3.05, 3.63) is 18.7 Å². The summed E-state index contributed by atoms with van der Waals surface area (Å²) in [5.74, 6) is 3.92. The van der Waals surface area contributed by atoms with Crippen LogP contribution in [0.25, 0.3) is 0 Å². The number of rotatable bonds is 5. The van der Waals surface area contributed by atoms with Crippen molar-refractivity contribution in [3.63, 3.8) is 0 Å². The highest BCUT2D eigenvalue weighted by Crippen LogP contribution is 2.29. The molecule has 0 unspecified atom stereocenters. The highest BCUT2D eigenvalue weighted by molar-refractivity contribution is 7.80. The minimum absolute atomic E-state index is 0.525. The molecule has 6 nitrogen and oxygen atoms in total. The molecule has 148 valence electrons. The molecule has 0 aromatic carbocycles. The molecular weight excluding hydrogens is 356 g/mol. The van der Waals surface area contributed by atoms with Crippen LogP contribution >= 0.6 is 12.2 Å². The zero-order chi connectivity index (χ0) is 19.2. The van der Waals surface area contributed by atoms with Gasteiger partial charge in [0.25, 0.3) is 0 Å². The number of nitrogens with one attached hydrogen (secondary N) is 2. The van der Waals surface area contributed by atoms with Crippen molar-refractivity contribution in [2.24, 2.45) is 11.8 Å². The first kappa shape index (κ1) is 19.9. The van der Waals surface area contributed by atoms with Crippen molar-refractivity contribution >= 4 is 34.9 Å². The van der Waals surface area contributed by atoms with E-state index in [4.69, 9.17) is 22.2 Å². The molecule has 7 heteroatoms. The summed E-state index contributed by atoms with van der Waals surface area (Å²) in [6.45, 7) is 13.2.